The molecule has 0 amide bonds. The second kappa shape index (κ2) is 10.2. The largest absolute Gasteiger partial charge is 0.493 e. The van der Waals surface area contributed by atoms with Gasteiger partial charge in [-0.25, -0.2) is 0 Å². The van der Waals surface area contributed by atoms with Crippen molar-refractivity contribution in [1.29, 1.82) is 0 Å². The second-order valence-electron chi connectivity index (χ2n) is 9.35. The van der Waals surface area contributed by atoms with Gasteiger partial charge >= 0.3 is 0 Å². The SMILES string of the molecule is CCOc1cc2c(cc1OC)C(CCc1c[nH]c3ccccc13)N(CC1CCOCC1)CC2. The average molecular weight is 449 g/mol. The molecule has 5 heteroatoms. The highest BCUT2D eigenvalue weighted by atomic mass is 16.5. The van der Waals surface area contributed by atoms with E-state index in [1.807, 2.05) is 6.92 Å². The summed E-state index contributed by atoms with van der Waals surface area (Å²) in [5.74, 6) is 2.44. The molecule has 176 valence electrons. The summed E-state index contributed by atoms with van der Waals surface area (Å²) in [6.45, 7) is 6.73. The van der Waals surface area contributed by atoms with Crippen molar-refractivity contribution in [1.82, 2.24) is 9.88 Å². The molecule has 3 heterocycles. The minimum atomic E-state index is 0.384. The first kappa shape index (κ1) is 22.3. The van der Waals surface area contributed by atoms with Crippen LogP contribution in [-0.4, -0.2) is 49.9 Å². The summed E-state index contributed by atoms with van der Waals surface area (Å²) >= 11 is 0. The second-order valence-corrected chi connectivity index (χ2v) is 9.35. The number of nitrogens with one attached hydrogen (secondary N) is 1. The molecule has 5 rings (SSSR count). The van der Waals surface area contributed by atoms with Crippen LogP contribution in [-0.2, 0) is 17.6 Å². The van der Waals surface area contributed by atoms with Gasteiger partial charge in [0.25, 0.3) is 0 Å². The number of ether oxygens (including phenoxy) is 3. The Balaban J connectivity index is 1.44. The van der Waals surface area contributed by atoms with Gasteiger partial charge < -0.3 is 19.2 Å². The molecule has 1 aromatic heterocycles. The van der Waals surface area contributed by atoms with Crippen LogP contribution in [0.5, 0.6) is 11.5 Å². The molecule has 2 aliphatic rings. The first-order valence-electron chi connectivity index (χ1n) is 12.5. The molecule has 0 saturated carbocycles. The molecule has 1 saturated heterocycles. The Morgan fingerprint density at radius 2 is 1.97 bits per heavy atom. The predicted molar refractivity (Wildman–Crippen MR) is 132 cm³/mol. The minimum absolute atomic E-state index is 0.384. The summed E-state index contributed by atoms with van der Waals surface area (Å²) in [4.78, 5) is 6.18. The van der Waals surface area contributed by atoms with Crippen LogP contribution in [0, 0.1) is 5.92 Å². The Hall–Kier alpha value is -2.50. The third kappa shape index (κ3) is 4.75. The number of aromatic nitrogens is 1. The zero-order valence-electron chi connectivity index (χ0n) is 19.9. The number of hydrogen-bond acceptors (Lipinski definition) is 4. The van der Waals surface area contributed by atoms with Crippen molar-refractivity contribution >= 4 is 10.9 Å². The third-order valence-corrected chi connectivity index (χ3v) is 7.39. The number of rotatable bonds is 8. The predicted octanol–water partition coefficient (Wildman–Crippen LogP) is 5.53. The van der Waals surface area contributed by atoms with Crippen molar-refractivity contribution < 1.29 is 14.2 Å². The molecular formula is C28H36N2O3. The summed E-state index contributed by atoms with van der Waals surface area (Å²) in [6.07, 6.45) is 7.74. The van der Waals surface area contributed by atoms with Gasteiger partial charge in [0.1, 0.15) is 0 Å². The van der Waals surface area contributed by atoms with Crippen molar-refractivity contribution in [3.63, 3.8) is 0 Å². The maximum Gasteiger partial charge on any atom is 0.161 e. The van der Waals surface area contributed by atoms with E-state index in [0.29, 0.717) is 12.6 Å². The van der Waals surface area contributed by atoms with E-state index < -0.39 is 0 Å². The monoisotopic (exact) mass is 448 g/mol. The van der Waals surface area contributed by atoms with E-state index in [1.165, 1.54) is 40.4 Å². The van der Waals surface area contributed by atoms with Gasteiger partial charge in [-0.05, 0) is 79.8 Å². The lowest BCUT2D eigenvalue weighted by atomic mass is 9.87. The number of para-hydroxylation sites is 1. The van der Waals surface area contributed by atoms with Gasteiger partial charge in [-0.2, -0.15) is 0 Å². The normalized spacial score (nSPS) is 19.5. The Kier molecular flexibility index (Phi) is 6.88. The number of nitrogens with zero attached hydrogens (tertiary/aromatic N) is 1. The molecule has 3 aromatic rings. The molecule has 0 radical (unpaired) electrons. The molecule has 1 N–H and O–H groups in total. The van der Waals surface area contributed by atoms with E-state index >= 15 is 0 Å². The van der Waals surface area contributed by atoms with Crippen molar-refractivity contribution in [3.8, 4) is 11.5 Å². The fourth-order valence-corrected chi connectivity index (χ4v) is 5.64. The van der Waals surface area contributed by atoms with Gasteiger partial charge in [0, 0.05) is 49.4 Å². The smallest absolute Gasteiger partial charge is 0.161 e. The zero-order chi connectivity index (χ0) is 22.6. The van der Waals surface area contributed by atoms with E-state index in [-0.39, 0.29) is 0 Å². The molecule has 0 bridgehead atoms. The van der Waals surface area contributed by atoms with E-state index in [4.69, 9.17) is 14.2 Å². The Morgan fingerprint density at radius 1 is 1.12 bits per heavy atom. The maximum atomic E-state index is 5.89. The topological polar surface area (TPSA) is 46.7 Å². The summed E-state index contributed by atoms with van der Waals surface area (Å²) in [6, 6.07) is 13.5. The first-order valence-corrected chi connectivity index (χ1v) is 12.5. The molecule has 1 fully saturated rings. The lowest BCUT2D eigenvalue weighted by molar-refractivity contribution is 0.0423. The Bertz CT molecular complexity index is 1070. The standard InChI is InChI=1S/C28H36N2O3/c1-3-33-28-16-21-10-13-30(19-20-11-14-32-15-12-20)26(24(21)17-27(28)31-2)9-8-22-18-29-25-7-5-4-6-23(22)25/h4-7,16-18,20,26,29H,3,8-15,19H2,1-2H3. The summed E-state index contributed by atoms with van der Waals surface area (Å²) in [7, 11) is 1.74. The molecule has 2 aromatic carbocycles. The zero-order valence-corrected chi connectivity index (χ0v) is 19.9. The Labute approximate surface area is 197 Å². The number of benzene rings is 2. The Morgan fingerprint density at radius 3 is 2.79 bits per heavy atom. The molecule has 0 aliphatic carbocycles. The molecule has 0 spiro atoms. The molecule has 33 heavy (non-hydrogen) atoms. The number of H-pyrrole nitrogens is 1. The quantitative estimate of drug-likeness (QED) is 0.492. The molecule has 1 atom stereocenters. The highest BCUT2D eigenvalue weighted by Crippen LogP contribution is 2.41. The molecular weight excluding hydrogens is 412 g/mol. The van der Waals surface area contributed by atoms with Gasteiger partial charge in [0.2, 0.25) is 0 Å². The van der Waals surface area contributed by atoms with Gasteiger partial charge in [0.15, 0.2) is 11.5 Å². The van der Waals surface area contributed by atoms with Crippen LogP contribution in [0.4, 0.5) is 0 Å². The first-order chi connectivity index (χ1) is 16.3. The summed E-state index contributed by atoms with van der Waals surface area (Å²) in [5, 5.41) is 1.34. The van der Waals surface area contributed by atoms with Gasteiger partial charge in [-0.15, -0.1) is 0 Å². The van der Waals surface area contributed by atoms with Crippen molar-refractivity contribution in [2.24, 2.45) is 5.92 Å². The minimum Gasteiger partial charge on any atom is -0.493 e. The van der Waals surface area contributed by atoms with Crippen molar-refractivity contribution in [2.75, 3.05) is 40.0 Å². The van der Waals surface area contributed by atoms with E-state index in [2.05, 4.69) is 52.5 Å². The fraction of sp³-hybridized carbons (Fsp3) is 0.500. The van der Waals surface area contributed by atoms with Crippen LogP contribution in [0.1, 0.15) is 48.9 Å². The number of fused-ring (bicyclic) bond motifs is 2. The molecule has 5 nitrogen and oxygen atoms in total. The maximum absolute atomic E-state index is 5.89. The lowest BCUT2D eigenvalue weighted by Crippen LogP contribution is -2.40. The fourth-order valence-electron chi connectivity index (χ4n) is 5.64. The van der Waals surface area contributed by atoms with Gasteiger partial charge in [-0.1, -0.05) is 18.2 Å². The van der Waals surface area contributed by atoms with Crippen molar-refractivity contribution in [3.05, 3.63) is 59.3 Å². The van der Waals surface area contributed by atoms with Crippen molar-refractivity contribution in [2.45, 2.75) is 45.1 Å². The van der Waals surface area contributed by atoms with Crippen LogP contribution in [0.25, 0.3) is 10.9 Å². The van der Waals surface area contributed by atoms with Crippen LogP contribution in [0.15, 0.2) is 42.6 Å². The van der Waals surface area contributed by atoms with E-state index in [1.54, 1.807) is 7.11 Å². The van der Waals surface area contributed by atoms with Crippen LogP contribution >= 0.6 is 0 Å². The average Bonchev–Trinajstić information content (AvgIpc) is 3.27. The van der Waals surface area contributed by atoms with Crippen LogP contribution in [0.2, 0.25) is 0 Å². The number of aryl methyl sites for hydroxylation is 1. The van der Waals surface area contributed by atoms with Crippen LogP contribution in [0.3, 0.4) is 0 Å². The molecule has 2 aliphatic heterocycles. The van der Waals surface area contributed by atoms with Crippen LogP contribution < -0.4 is 9.47 Å². The van der Waals surface area contributed by atoms with E-state index in [9.17, 15) is 0 Å². The van der Waals surface area contributed by atoms with Gasteiger partial charge in [-0.3, -0.25) is 4.90 Å². The van der Waals surface area contributed by atoms with E-state index in [0.717, 1.165) is 63.0 Å². The number of aromatic amines is 1. The van der Waals surface area contributed by atoms with Gasteiger partial charge in [0.05, 0.1) is 13.7 Å². The highest BCUT2D eigenvalue weighted by Gasteiger charge is 2.31. The summed E-state index contributed by atoms with van der Waals surface area (Å²) in [5.41, 5.74) is 5.44. The summed E-state index contributed by atoms with van der Waals surface area (Å²) < 4.78 is 17.3. The number of hydrogen-bond donors (Lipinski definition) is 1. The highest BCUT2D eigenvalue weighted by molar-refractivity contribution is 5.83. The number of methoxy groups -OCH3 is 1. The molecule has 1 unspecified atom stereocenters. The lowest BCUT2D eigenvalue weighted by Gasteiger charge is -2.40. The third-order valence-electron chi connectivity index (χ3n) is 7.39.